The van der Waals surface area contributed by atoms with E-state index in [1.807, 2.05) is 6.92 Å². The van der Waals surface area contributed by atoms with Crippen molar-refractivity contribution in [1.82, 2.24) is 0 Å². The summed E-state index contributed by atoms with van der Waals surface area (Å²) in [5, 5.41) is 2.77. The minimum Gasteiger partial charge on any atom is -0.399 e. The Labute approximate surface area is 118 Å². The van der Waals surface area contributed by atoms with Crippen LogP contribution in [0.15, 0.2) is 40.9 Å². The van der Waals surface area contributed by atoms with Gasteiger partial charge in [-0.05, 0) is 64.8 Å². The number of halogens is 2. The van der Waals surface area contributed by atoms with Gasteiger partial charge in [-0.1, -0.05) is 0 Å². The highest BCUT2D eigenvalue weighted by Gasteiger charge is 2.12. The molecular weight excluding hydrogens is 311 g/mol. The van der Waals surface area contributed by atoms with Gasteiger partial charge < -0.3 is 11.1 Å². The van der Waals surface area contributed by atoms with Crippen molar-refractivity contribution in [2.75, 3.05) is 11.1 Å². The Hall–Kier alpha value is -1.88. The number of benzene rings is 2. The number of hydrogen-bond acceptors (Lipinski definition) is 2. The maximum atomic E-state index is 13.0. The van der Waals surface area contributed by atoms with Gasteiger partial charge in [-0.3, -0.25) is 4.79 Å². The van der Waals surface area contributed by atoms with Crippen molar-refractivity contribution in [2.45, 2.75) is 6.92 Å². The predicted molar refractivity (Wildman–Crippen MR) is 77.6 cm³/mol. The number of amides is 1. The fourth-order valence-corrected chi connectivity index (χ4v) is 2.22. The van der Waals surface area contributed by atoms with Crippen LogP contribution in [0.1, 0.15) is 15.9 Å². The first-order valence-corrected chi connectivity index (χ1v) is 6.39. The number of carbonyl (C=O) groups excluding carboxylic acids is 1. The van der Waals surface area contributed by atoms with Crippen molar-refractivity contribution in [3.63, 3.8) is 0 Å². The standard InChI is InChI=1S/C14H12BrFN2O/c1-8-6-10(17)3-5-13(8)18-14(19)11-4-2-9(16)7-12(11)15/h2-7H,17H2,1H3,(H,18,19). The number of carbonyl (C=O) groups is 1. The van der Waals surface area contributed by atoms with Gasteiger partial charge in [-0.2, -0.15) is 0 Å². The van der Waals surface area contributed by atoms with E-state index in [4.69, 9.17) is 5.73 Å². The third-order valence-corrected chi connectivity index (χ3v) is 3.33. The van der Waals surface area contributed by atoms with E-state index in [2.05, 4.69) is 21.2 Å². The number of nitrogens with two attached hydrogens (primary N) is 1. The van der Waals surface area contributed by atoms with Crippen LogP contribution in [0.2, 0.25) is 0 Å². The van der Waals surface area contributed by atoms with Crippen LogP contribution in [0.4, 0.5) is 15.8 Å². The highest BCUT2D eigenvalue weighted by atomic mass is 79.9. The molecule has 98 valence electrons. The first-order chi connectivity index (χ1) is 8.97. The molecular formula is C14H12BrFN2O. The summed E-state index contributed by atoms with van der Waals surface area (Å²) >= 11 is 3.17. The monoisotopic (exact) mass is 322 g/mol. The smallest absolute Gasteiger partial charge is 0.256 e. The van der Waals surface area contributed by atoms with Crippen LogP contribution in [-0.2, 0) is 0 Å². The summed E-state index contributed by atoms with van der Waals surface area (Å²) in [6.45, 7) is 1.85. The van der Waals surface area contributed by atoms with Gasteiger partial charge in [0.15, 0.2) is 0 Å². The lowest BCUT2D eigenvalue weighted by Crippen LogP contribution is -2.13. The zero-order chi connectivity index (χ0) is 14.0. The van der Waals surface area contributed by atoms with Gasteiger partial charge in [-0.25, -0.2) is 4.39 Å². The Balaban J connectivity index is 2.25. The molecule has 5 heteroatoms. The molecule has 0 fully saturated rings. The summed E-state index contributed by atoms with van der Waals surface area (Å²) in [4.78, 5) is 12.1. The zero-order valence-electron chi connectivity index (χ0n) is 10.2. The second kappa shape index (κ2) is 5.40. The van der Waals surface area contributed by atoms with Crippen LogP contribution in [0.25, 0.3) is 0 Å². The summed E-state index contributed by atoms with van der Waals surface area (Å²) in [6.07, 6.45) is 0. The summed E-state index contributed by atoms with van der Waals surface area (Å²) in [5.74, 6) is -0.702. The lowest BCUT2D eigenvalue weighted by Gasteiger charge is -2.10. The average Bonchev–Trinajstić information content (AvgIpc) is 2.32. The Kier molecular flexibility index (Phi) is 3.85. The number of nitrogen functional groups attached to an aromatic ring is 1. The number of rotatable bonds is 2. The van der Waals surface area contributed by atoms with Crippen LogP contribution in [0, 0.1) is 12.7 Å². The van der Waals surface area contributed by atoms with Crippen molar-refractivity contribution < 1.29 is 9.18 Å². The summed E-state index contributed by atoms with van der Waals surface area (Å²) in [6, 6.07) is 9.15. The molecule has 0 aliphatic heterocycles. The van der Waals surface area contributed by atoms with Crippen molar-refractivity contribution >= 4 is 33.2 Å². The van der Waals surface area contributed by atoms with Gasteiger partial charge >= 0.3 is 0 Å². The molecule has 19 heavy (non-hydrogen) atoms. The van der Waals surface area contributed by atoms with Gasteiger partial charge in [0.25, 0.3) is 5.91 Å². The molecule has 0 atom stereocenters. The summed E-state index contributed by atoms with van der Waals surface area (Å²) in [7, 11) is 0. The van der Waals surface area contributed by atoms with Crippen LogP contribution >= 0.6 is 15.9 Å². The molecule has 0 radical (unpaired) electrons. The Bertz CT molecular complexity index is 643. The molecule has 3 N–H and O–H groups in total. The quantitative estimate of drug-likeness (QED) is 0.828. The van der Waals surface area contributed by atoms with E-state index >= 15 is 0 Å². The van der Waals surface area contributed by atoms with Gasteiger partial charge in [0.1, 0.15) is 5.82 Å². The third kappa shape index (κ3) is 3.12. The van der Waals surface area contributed by atoms with Crippen molar-refractivity contribution in [3.8, 4) is 0 Å². The second-order valence-corrected chi connectivity index (χ2v) is 5.01. The fourth-order valence-electron chi connectivity index (χ4n) is 1.69. The predicted octanol–water partition coefficient (Wildman–Crippen LogP) is 3.73. The van der Waals surface area contributed by atoms with Crippen LogP contribution in [0.5, 0.6) is 0 Å². The maximum Gasteiger partial charge on any atom is 0.256 e. The van der Waals surface area contributed by atoms with E-state index < -0.39 is 5.82 Å². The fraction of sp³-hybridized carbons (Fsp3) is 0.0714. The van der Waals surface area contributed by atoms with E-state index in [1.165, 1.54) is 18.2 Å². The molecule has 0 saturated carbocycles. The average molecular weight is 323 g/mol. The van der Waals surface area contributed by atoms with Crippen LogP contribution in [-0.4, -0.2) is 5.91 Å². The van der Waals surface area contributed by atoms with E-state index in [-0.39, 0.29) is 5.91 Å². The second-order valence-electron chi connectivity index (χ2n) is 4.15. The first-order valence-electron chi connectivity index (χ1n) is 5.60. The molecule has 0 unspecified atom stereocenters. The van der Waals surface area contributed by atoms with E-state index in [0.29, 0.717) is 21.4 Å². The maximum absolute atomic E-state index is 13.0. The highest BCUT2D eigenvalue weighted by Crippen LogP contribution is 2.22. The van der Waals surface area contributed by atoms with Crippen LogP contribution < -0.4 is 11.1 Å². The molecule has 0 bridgehead atoms. The molecule has 0 aliphatic carbocycles. The first kappa shape index (κ1) is 13.5. The normalized spacial score (nSPS) is 10.3. The minimum absolute atomic E-state index is 0.306. The zero-order valence-corrected chi connectivity index (χ0v) is 11.8. The number of anilines is 2. The minimum atomic E-state index is -0.396. The number of nitrogens with one attached hydrogen (secondary N) is 1. The molecule has 3 nitrogen and oxygen atoms in total. The van der Waals surface area contributed by atoms with Gasteiger partial charge in [0, 0.05) is 15.8 Å². The topological polar surface area (TPSA) is 55.1 Å². The molecule has 2 aromatic rings. The molecule has 0 saturated heterocycles. The van der Waals surface area contributed by atoms with Gasteiger partial charge in [0.2, 0.25) is 0 Å². The van der Waals surface area contributed by atoms with Crippen molar-refractivity contribution in [1.29, 1.82) is 0 Å². The number of hydrogen-bond donors (Lipinski definition) is 2. The van der Waals surface area contributed by atoms with Crippen molar-refractivity contribution in [2.24, 2.45) is 0 Å². The summed E-state index contributed by atoms with van der Waals surface area (Å²) < 4.78 is 13.4. The SMILES string of the molecule is Cc1cc(N)ccc1NC(=O)c1ccc(F)cc1Br. The lowest BCUT2D eigenvalue weighted by atomic mass is 10.1. The van der Waals surface area contributed by atoms with E-state index in [0.717, 1.165) is 5.56 Å². The molecule has 2 rings (SSSR count). The molecule has 2 aromatic carbocycles. The van der Waals surface area contributed by atoms with E-state index in [9.17, 15) is 9.18 Å². The largest absolute Gasteiger partial charge is 0.399 e. The van der Waals surface area contributed by atoms with Crippen molar-refractivity contribution in [3.05, 3.63) is 57.8 Å². The van der Waals surface area contributed by atoms with Gasteiger partial charge in [-0.15, -0.1) is 0 Å². The Morgan fingerprint density at radius 1 is 1.26 bits per heavy atom. The summed E-state index contributed by atoms with van der Waals surface area (Å²) in [5.41, 5.74) is 8.20. The molecule has 0 heterocycles. The van der Waals surface area contributed by atoms with Crippen LogP contribution in [0.3, 0.4) is 0 Å². The Morgan fingerprint density at radius 3 is 2.63 bits per heavy atom. The number of aryl methyl sites for hydroxylation is 1. The molecule has 0 aliphatic rings. The lowest BCUT2D eigenvalue weighted by molar-refractivity contribution is 0.102. The van der Waals surface area contributed by atoms with Gasteiger partial charge in [0.05, 0.1) is 5.56 Å². The molecule has 0 aromatic heterocycles. The third-order valence-electron chi connectivity index (χ3n) is 2.67. The van der Waals surface area contributed by atoms with E-state index in [1.54, 1.807) is 18.2 Å². The molecule has 1 amide bonds. The molecule has 0 spiro atoms. The highest BCUT2D eigenvalue weighted by molar-refractivity contribution is 9.10. The Morgan fingerprint density at radius 2 is 2.00 bits per heavy atom.